The zero-order valence-electron chi connectivity index (χ0n) is 11.7. The highest BCUT2D eigenvalue weighted by Crippen LogP contribution is 2.24. The van der Waals surface area contributed by atoms with Crippen molar-refractivity contribution in [2.45, 2.75) is 13.8 Å². The van der Waals surface area contributed by atoms with Gasteiger partial charge in [-0.25, -0.2) is 4.68 Å². The van der Waals surface area contributed by atoms with Crippen LogP contribution in [0.4, 0.5) is 0 Å². The van der Waals surface area contributed by atoms with Crippen molar-refractivity contribution >= 4 is 23.4 Å². The van der Waals surface area contributed by atoms with Crippen molar-refractivity contribution < 1.29 is 4.74 Å². The maximum absolute atomic E-state index is 5.55. The molecular weight excluding hydrogens is 272 g/mol. The Bertz CT molecular complexity index is 827. The molecule has 0 saturated heterocycles. The Balaban J connectivity index is 2.26. The monoisotopic (exact) mass is 288 g/mol. The number of imidazole rings is 1. The van der Waals surface area contributed by atoms with Gasteiger partial charge in [-0.3, -0.25) is 4.57 Å². The van der Waals surface area contributed by atoms with Gasteiger partial charge in [-0.2, -0.15) is 5.10 Å². The average Bonchev–Trinajstić information content (AvgIpc) is 2.89. The van der Waals surface area contributed by atoms with Crippen LogP contribution in [0.1, 0.15) is 12.6 Å². The van der Waals surface area contributed by atoms with Crippen LogP contribution < -0.4 is 4.74 Å². The van der Waals surface area contributed by atoms with Crippen LogP contribution in [0.15, 0.2) is 24.3 Å². The number of nitrogens with zero attached hydrogens (tertiary/aromatic N) is 3. The maximum atomic E-state index is 5.55. The van der Waals surface area contributed by atoms with E-state index in [9.17, 15) is 0 Å². The maximum Gasteiger partial charge on any atom is 0.184 e. The number of hydrogen-bond acceptors (Lipinski definition) is 3. The summed E-state index contributed by atoms with van der Waals surface area (Å²) in [7, 11) is 1.92. The fraction of sp³-hybridized carbons (Fsp3) is 0.286. The van der Waals surface area contributed by atoms with E-state index in [4.69, 9.17) is 17.0 Å². The molecule has 0 saturated carbocycles. The van der Waals surface area contributed by atoms with Crippen LogP contribution in [0, 0.1) is 11.7 Å². The molecule has 0 atom stereocenters. The highest BCUT2D eigenvalue weighted by Gasteiger charge is 2.14. The number of aromatic nitrogens is 4. The van der Waals surface area contributed by atoms with Gasteiger partial charge >= 0.3 is 0 Å². The summed E-state index contributed by atoms with van der Waals surface area (Å²) in [4.78, 5) is 3.22. The largest absolute Gasteiger partial charge is 0.494 e. The molecule has 0 aliphatic heterocycles. The van der Waals surface area contributed by atoms with Gasteiger partial charge in [-0.05, 0) is 38.2 Å². The fourth-order valence-electron chi connectivity index (χ4n) is 2.43. The average molecular weight is 288 g/mol. The number of benzene rings is 1. The second-order valence-electron chi connectivity index (χ2n) is 4.60. The van der Waals surface area contributed by atoms with Crippen molar-refractivity contribution in [3.05, 3.63) is 34.7 Å². The molecule has 0 spiro atoms. The quantitative estimate of drug-likeness (QED) is 0.753. The second kappa shape index (κ2) is 4.79. The molecule has 1 N–H and O–H groups in total. The van der Waals surface area contributed by atoms with E-state index in [1.807, 2.05) is 54.4 Å². The molecule has 0 amide bonds. The Kier molecular flexibility index (Phi) is 3.10. The van der Waals surface area contributed by atoms with Crippen molar-refractivity contribution in [3.63, 3.8) is 0 Å². The van der Waals surface area contributed by atoms with E-state index in [1.54, 1.807) is 0 Å². The molecule has 1 aromatic carbocycles. The van der Waals surface area contributed by atoms with E-state index in [0.717, 1.165) is 28.3 Å². The summed E-state index contributed by atoms with van der Waals surface area (Å²) in [6.45, 7) is 4.58. The molecule has 0 fully saturated rings. The topological polar surface area (TPSA) is 47.8 Å². The summed E-state index contributed by atoms with van der Waals surface area (Å²) >= 11 is 5.44. The minimum absolute atomic E-state index is 0.641. The van der Waals surface area contributed by atoms with Gasteiger partial charge in [-0.1, -0.05) is 6.07 Å². The van der Waals surface area contributed by atoms with Gasteiger partial charge in [0.05, 0.1) is 18.0 Å². The Morgan fingerprint density at radius 3 is 2.95 bits per heavy atom. The number of fused-ring (bicyclic) bond motifs is 1. The first-order chi connectivity index (χ1) is 9.61. The first kappa shape index (κ1) is 12.9. The van der Waals surface area contributed by atoms with Crippen LogP contribution in [-0.4, -0.2) is 25.9 Å². The summed E-state index contributed by atoms with van der Waals surface area (Å²) in [6.07, 6.45) is 0. The first-order valence-corrected chi connectivity index (χ1v) is 6.90. The lowest BCUT2D eigenvalue weighted by Gasteiger charge is -2.08. The highest BCUT2D eigenvalue weighted by atomic mass is 32.1. The van der Waals surface area contributed by atoms with E-state index >= 15 is 0 Å². The summed E-state index contributed by atoms with van der Waals surface area (Å²) < 4.78 is 10.0. The van der Waals surface area contributed by atoms with E-state index in [-0.39, 0.29) is 0 Å². The third kappa shape index (κ3) is 1.92. The molecule has 2 aromatic heterocycles. The van der Waals surface area contributed by atoms with Crippen molar-refractivity contribution in [3.8, 4) is 11.4 Å². The Morgan fingerprint density at radius 1 is 1.40 bits per heavy atom. The van der Waals surface area contributed by atoms with E-state index < -0.39 is 0 Å². The Morgan fingerprint density at radius 2 is 2.20 bits per heavy atom. The third-order valence-electron chi connectivity index (χ3n) is 3.23. The molecule has 0 unspecified atom stereocenters. The van der Waals surface area contributed by atoms with Gasteiger partial charge in [0, 0.05) is 13.1 Å². The van der Waals surface area contributed by atoms with Gasteiger partial charge in [0.2, 0.25) is 0 Å². The zero-order valence-corrected chi connectivity index (χ0v) is 12.5. The molecule has 0 aliphatic carbocycles. The predicted molar refractivity (Wildman–Crippen MR) is 81.1 cm³/mol. The van der Waals surface area contributed by atoms with Crippen LogP contribution in [0.2, 0.25) is 0 Å². The fourth-order valence-corrected chi connectivity index (χ4v) is 2.72. The van der Waals surface area contributed by atoms with Crippen molar-refractivity contribution in [1.82, 2.24) is 19.3 Å². The molecule has 3 rings (SSSR count). The minimum Gasteiger partial charge on any atom is -0.494 e. The zero-order chi connectivity index (χ0) is 14.3. The van der Waals surface area contributed by atoms with Gasteiger partial charge < -0.3 is 9.72 Å². The highest BCUT2D eigenvalue weighted by molar-refractivity contribution is 7.71. The molecule has 0 radical (unpaired) electrons. The van der Waals surface area contributed by atoms with Crippen molar-refractivity contribution in [2.75, 3.05) is 6.61 Å². The van der Waals surface area contributed by atoms with E-state index in [0.29, 0.717) is 11.4 Å². The van der Waals surface area contributed by atoms with Gasteiger partial charge in [0.15, 0.2) is 10.4 Å². The van der Waals surface area contributed by atoms with Crippen LogP contribution >= 0.6 is 12.2 Å². The molecule has 5 nitrogen and oxygen atoms in total. The van der Waals surface area contributed by atoms with Gasteiger partial charge in [0.25, 0.3) is 0 Å². The summed E-state index contributed by atoms with van der Waals surface area (Å²) in [6, 6.07) is 7.89. The molecule has 104 valence electrons. The van der Waals surface area contributed by atoms with E-state index in [2.05, 4.69) is 10.1 Å². The van der Waals surface area contributed by atoms with Crippen LogP contribution in [0.5, 0.6) is 5.75 Å². The second-order valence-corrected chi connectivity index (χ2v) is 4.99. The molecule has 20 heavy (non-hydrogen) atoms. The number of aryl methyl sites for hydroxylation is 2. The van der Waals surface area contributed by atoms with Crippen LogP contribution in [0.3, 0.4) is 0 Å². The SMILES string of the molecule is CCOc1cccc(-n2c(=S)[nH]c3c(C)nn(C)c32)c1. The van der Waals surface area contributed by atoms with Gasteiger partial charge in [0.1, 0.15) is 11.3 Å². The normalized spacial score (nSPS) is 11.2. The number of nitrogens with one attached hydrogen (secondary N) is 1. The number of hydrogen-bond donors (Lipinski definition) is 1. The number of aromatic amines is 1. The van der Waals surface area contributed by atoms with Crippen LogP contribution in [0.25, 0.3) is 16.9 Å². The molecule has 6 heteroatoms. The minimum atomic E-state index is 0.641. The molecule has 0 aliphatic rings. The molecule has 3 aromatic rings. The Hall–Kier alpha value is -2.08. The summed E-state index contributed by atoms with van der Waals surface area (Å²) in [5, 5.41) is 4.42. The number of ether oxygens (including phenoxy) is 1. The molecule has 0 bridgehead atoms. The Labute approximate surface area is 121 Å². The number of H-pyrrole nitrogens is 1. The number of rotatable bonds is 3. The lowest BCUT2D eigenvalue weighted by molar-refractivity contribution is 0.340. The molecule has 2 heterocycles. The van der Waals surface area contributed by atoms with Crippen molar-refractivity contribution in [1.29, 1.82) is 0 Å². The first-order valence-electron chi connectivity index (χ1n) is 6.49. The standard InChI is InChI=1S/C14H16N4OS/c1-4-19-11-7-5-6-10(8-11)18-13-12(15-14(18)20)9(2)16-17(13)3/h5-8H,4H2,1-3H3,(H,15,20). The third-order valence-corrected chi connectivity index (χ3v) is 3.51. The van der Waals surface area contributed by atoms with Crippen LogP contribution in [-0.2, 0) is 7.05 Å². The summed E-state index contributed by atoms with van der Waals surface area (Å²) in [5.74, 6) is 0.833. The van der Waals surface area contributed by atoms with Gasteiger partial charge in [-0.15, -0.1) is 0 Å². The summed E-state index contributed by atoms with van der Waals surface area (Å²) in [5.41, 5.74) is 3.84. The lowest BCUT2D eigenvalue weighted by Crippen LogP contribution is -2.01. The van der Waals surface area contributed by atoms with Crippen molar-refractivity contribution in [2.24, 2.45) is 7.05 Å². The molecular formula is C14H16N4OS. The lowest BCUT2D eigenvalue weighted by atomic mass is 10.3. The predicted octanol–water partition coefficient (Wildman–Crippen LogP) is 3.13. The smallest absolute Gasteiger partial charge is 0.184 e. The van der Waals surface area contributed by atoms with E-state index in [1.165, 1.54) is 0 Å².